The molecule has 3 aliphatic rings. The summed E-state index contributed by atoms with van der Waals surface area (Å²) in [7, 11) is -2.91. The molecule has 4 aromatic carbocycles. The maximum Gasteiger partial charge on any atom is 0.301 e. The first kappa shape index (κ1) is 46.0. The van der Waals surface area contributed by atoms with Crippen molar-refractivity contribution in [3.63, 3.8) is 0 Å². The first-order valence-electron chi connectivity index (χ1n) is 21.5. The first-order valence-corrected chi connectivity index (χ1v) is 23.0. The van der Waals surface area contributed by atoms with Gasteiger partial charge in [0.2, 0.25) is 23.5 Å². The topological polar surface area (TPSA) is 187 Å². The van der Waals surface area contributed by atoms with Gasteiger partial charge in [-0.15, -0.1) is 0 Å². The number of hydrogen-bond donors (Lipinski definition) is 5. The first-order chi connectivity index (χ1) is 31.4. The Bertz CT molecular complexity index is 2840. The molecule has 1 atom stereocenters. The van der Waals surface area contributed by atoms with Crippen molar-refractivity contribution in [1.29, 1.82) is 0 Å². The Balaban J connectivity index is 0.868. The second-order valence-corrected chi connectivity index (χ2v) is 18.6. The largest absolute Gasteiger partial charge is 0.389 e. The van der Waals surface area contributed by atoms with Gasteiger partial charge in [0.05, 0.1) is 34.6 Å². The van der Waals surface area contributed by atoms with E-state index >= 15 is 17.6 Å². The summed E-state index contributed by atoms with van der Waals surface area (Å²) in [5.41, 5.74) is -0.448. The molecule has 66 heavy (non-hydrogen) atoms. The molecule has 4 heterocycles. The van der Waals surface area contributed by atoms with Crippen LogP contribution in [0.3, 0.4) is 0 Å². The van der Waals surface area contributed by atoms with Crippen LogP contribution in [0, 0.1) is 23.3 Å². The van der Waals surface area contributed by atoms with Gasteiger partial charge in [-0.25, -0.2) is 17.6 Å². The quantitative estimate of drug-likeness (QED) is 0.0572. The number of nitrogens with zero attached hydrogens (tertiary/aromatic N) is 4. The molecule has 1 unspecified atom stereocenters. The normalized spacial score (nSPS) is 17.9. The minimum absolute atomic E-state index is 0.0753. The van der Waals surface area contributed by atoms with Gasteiger partial charge in [-0.1, -0.05) is 19.1 Å². The van der Waals surface area contributed by atoms with Crippen LogP contribution < -0.4 is 25.2 Å². The predicted molar refractivity (Wildman–Crippen MR) is 240 cm³/mol. The van der Waals surface area contributed by atoms with Gasteiger partial charge < -0.3 is 30.1 Å². The van der Waals surface area contributed by atoms with Gasteiger partial charge in [0.1, 0.15) is 23.5 Å². The number of ketones is 1. The number of halogens is 4. The highest BCUT2D eigenvalue weighted by molar-refractivity contribution is 7.90. The monoisotopic (exact) mass is 932 g/mol. The summed E-state index contributed by atoms with van der Waals surface area (Å²) in [6.45, 7) is 3.50. The summed E-state index contributed by atoms with van der Waals surface area (Å²) < 4.78 is 89.9. The lowest BCUT2D eigenvalue weighted by Gasteiger charge is -2.41. The summed E-state index contributed by atoms with van der Waals surface area (Å²) in [5, 5.41) is 17.0. The van der Waals surface area contributed by atoms with Crippen molar-refractivity contribution in [2.24, 2.45) is 0 Å². The lowest BCUT2D eigenvalue weighted by atomic mass is 9.87. The number of amides is 3. The third-order valence-electron chi connectivity index (χ3n) is 12.6. The third kappa shape index (κ3) is 9.43. The molecule has 3 fully saturated rings. The van der Waals surface area contributed by atoms with Crippen molar-refractivity contribution >= 4 is 67.4 Å². The Morgan fingerprint density at radius 1 is 0.848 bits per heavy atom. The molecular weight excluding hydrogens is 885 g/mol. The number of nitrogens with one attached hydrogen (secondary N) is 4. The second kappa shape index (κ2) is 18.4. The summed E-state index contributed by atoms with van der Waals surface area (Å²) in [4.78, 5) is 58.9. The minimum Gasteiger partial charge on any atom is -0.389 e. The zero-order chi connectivity index (χ0) is 47.1. The fraction of sp³-hybridized carbons (Fsp3) is 0.348. The molecule has 3 aliphatic heterocycles. The average Bonchev–Trinajstić information content (AvgIpc) is 3.72. The van der Waals surface area contributed by atoms with Crippen molar-refractivity contribution in [2.45, 2.75) is 50.7 Å². The number of carbonyl (C=O) groups excluding carboxylic acids is 4. The summed E-state index contributed by atoms with van der Waals surface area (Å²) in [6.07, 6.45) is 2.14. The van der Waals surface area contributed by atoms with Crippen LogP contribution in [-0.4, -0.2) is 116 Å². The molecule has 15 nitrogen and oxygen atoms in total. The average molecular weight is 933 g/mol. The van der Waals surface area contributed by atoms with Crippen molar-refractivity contribution in [1.82, 2.24) is 19.5 Å². The van der Waals surface area contributed by atoms with E-state index in [9.17, 15) is 32.7 Å². The highest BCUT2D eigenvalue weighted by Gasteiger charge is 2.37. The highest BCUT2D eigenvalue weighted by Crippen LogP contribution is 2.35. The maximum absolute atomic E-state index is 15.8. The zero-order valence-electron chi connectivity index (χ0n) is 36.1. The van der Waals surface area contributed by atoms with Crippen LogP contribution in [-0.2, 0) is 24.6 Å². The lowest BCUT2D eigenvalue weighted by Crippen LogP contribution is -2.52. The maximum atomic E-state index is 15.8. The van der Waals surface area contributed by atoms with Crippen molar-refractivity contribution in [2.75, 3.05) is 72.7 Å². The third-order valence-corrected chi connectivity index (χ3v) is 14.2. The number of carbonyl (C=O) groups is 4. The van der Waals surface area contributed by atoms with Crippen LogP contribution in [0.2, 0.25) is 0 Å². The van der Waals surface area contributed by atoms with E-state index in [-0.39, 0.29) is 49.6 Å². The Morgan fingerprint density at radius 2 is 1.50 bits per heavy atom. The van der Waals surface area contributed by atoms with Gasteiger partial charge in [-0.2, -0.15) is 12.7 Å². The fourth-order valence-electron chi connectivity index (χ4n) is 8.61. The van der Waals surface area contributed by atoms with Crippen LogP contribution in [0.4, 0.5) is 40.3 Å². The van der Waals surface area contributed by atoms with Crippen molar-refractivity contribution < 1.29 is 50.3 Å². The van der Waals surface area contributed by atoms with Crippen LogP contribution in [0.1, 0.15) is 54.9 Å². The number of aliphatic hydroxyl groups is 1. The number of imide groups is 1. The van der Waals surface area contributed by atoms with E-state index in [4.69, 9.17) is 0 Å². The summed E-state index contributed by atoms with van der Waals surface area (Å²) >= 11 is 0. The van der Waals surface area contributed by atoms with Crippen LogP contribution in [0.15, 0.2) is 72.9 Å². The summed E-state index contributed by atoms with van der Waals surface area (Å²) in [6, 6.07) is 15.2. The van der Waals surface area contributed by atoms with E-state index < -0.39 is 68.1 Å². The molecule has 348 valence electrons. The van der Waals surface area contributed by atoms with Crippen molar-refractivity contribution in [3.05, 3.63) is 107 Å². The number of H-pyrrole nitrogens is 1. The van der Waals surface area contributed by atoms with Gasteiger partial charge in [-0.3, -0.25) is 29.2 Å². The molecule has 8 rings (SSSR count). The van der Waals surface area contributed by atoms with Crippen LogP contribution >= 0.6 is 0 Å². The number of rotatable bonds is 13. The van der Waals surface area contributed by atoms with Gasteiger partial charge in [-0.05, 0) is 85.0 Å². The Kier molecular flexibility index (Phi) is 12.8. The van der Waals surface area contributed by atoms with Gasteiger partial charge in [0, 0.05) is 87.6 Å². The standard InChI is InChI=1S/C46H48F4N8O7S/c1-3-55(2)66(64,65)54-36-9-7-32(47)42(43(36)50)44(61)31-26-51-35-8-4-27(22-30(31)35)28-5-11-38(33(48)23-28)57-18-20-58(21-19-57)41(60)25-46(63)14-16-56(17-15-46)39-12-6-29(24-34(39)49)52-37-10-13-40(59)53-45(37)62/h4-9,11-12,22-24,26,37,51-52,54,63H,3,10,13-21,25H2,1-2H3,(H,53,59,62). The number of piperidine rings is 2. The highest BCUT2D eigenvalue weighted by atomic mass is 32.2. The number of anilines is 4. The zero-order valence-corrected chi connectivity index (χ0v) is 36.9. The van der Waals surface area contributed by atoms with E-state index in [0.717, 1.165) is 16.4 Å². The van der Waals surface area contributed by atoms with Gasteiger partial charge in [0.15, 0.2) is 5.82 Å². The molecule has 5 aromatic rings. The predicted octanol–water partition coefficient (Wildman–Crippen LogP) is 5.52. The Labute approximate surface area is 377 Å². The SMILES string of the molecule is CCN(C)S(=O)(=O)Nc1ccc(F)c(C(=O)c2c[nH]c3ccc(-c4ccc(N5CCN(C(=O)CC6(O)CCN(c7ccc(NC8CCC(=O)NC8=O)cc7F)CC6)CC5)c(F)c4)cc23)c1F. The van der Waals surface area contributed by atoms with Crippen LogP contribution in [0.25, 0.3) is 22.0 Å². The number of hydrogen-bond acceptors (Lipinski definition) is 10. The van der Waals surface area contributed by atoms with E-state index in [0.29, 0.717) is 84.8 Å². The molecule has 0 spiro atoms. The summed E-state index contributed by atoms with van der Waals surface area (Å²) in [5.74, 6) is -5.68. The lowest BCUT2D eigenvalue weighted by molar-refractivity contribution is -0.138. The number of piperazine rings is 1. The smallest absolute Gasteiger partial charge is 0.301 e. The Hall–Kier alpha value is -6.51. The van der Waals surface area contributed by atoms with E-state index in [1.54, 1.807) is 59.2 Å². The molecule has 3 saturated heterocycles. The second-order valence-electron chi connectivity index (χ2n) is 16.8. The molecule has 0 saturated carbocycles. The Morgan fingerprint density at radius 3 is 2.17 bits per heavy atom. The molecule has 1 aromatic heterocycles. The fourth-order valence-corrected chi connectivity index (χ4v) is 9.54. The molecule has 0 radical (unpaired) electrons. The molecule has 20 heteroatoms. The van der Waals surface area contributed by atoms with Crippen molar-refractivity contribution in [3.8, 4) is 11.1 Å². The van der Waals surface area contributed by atoms with E-state index in [1.165, 1.54) is 25.4 Å². The molecule has 0 aliphatic carbocycles. The van der Waals surface area contributed by atoms with E-state index in [2.05, 4.69) is 20.3 Å². The number of aromatic nitrogens is 1. The van der Waals surface area contributed by atoms with Gasteiger partial charge >= 0.3 is 10.2 Å². The molecule has 5 N–H and O–H groups in total. The number of aromatic amines is 1. The minimum atomic E-state index is -4.18. The number of fused-ring (bicyclic) bond motifs is 1. The van der Waals surface area contributed by atoms with E-state index in [1.807, 2.05) is 4.90 Å². The van der Waals surface area contributed by atoms with Crippen LogP contribution in [0.5, 0.6) is 0 Å². The number of benzene rings is 4. The molecule has 3 amide bonds. The molecular formula is C46H48F4N8O7S. The molecule has 0 bridgehead atoms. The van der Waals surface area contributed by atoms with Gasteiger partial charge in [0.25, 0.3) is 0 Å².